The molecule has 4 heteroatoms. The Kier molecular flexibility index (Phi) is 5.37. The van der Waals surface area contributed by atoms with E-state index in [2.05, 4.69) is 5.32 Å². The van der Waals surface area contributed by atoms with Crippen LogP contribution in [0.3, 0.4) is 0 Å². The number of hydrogen-bond acceptors (Lipinski definition) is 3. The molecule has 0 fully saturated rings. The van der Waals surface area contributed by atoms with Crippen LogP contribution in [0.5, 0.6) is 0 Å². The molecule has 0 heterocycles. The van der Waals surface area contributed by atoms with Crippen LogP contribution in [-0.2, 0) is 0 Å². The van der Waals surface area contributed by atoms with Gasteiger partial charge in [0, 0.05) is 28.4 Å². The smallest absolute Gasteiger partial charge is 0.195 e. The van der Waals surface area contributed by atoms with Crippen molar-refractivity contribution in [2.24, 2.45) is 0 Å². The summed E-state index contributed by atoms with van der Waals surface area (Å²) in [6.45, 7) is 2.30. The fraction of sp³-hybridized carbons (Fsp3) is 0.235. The van der Waals surface area contributed by atoms with Gasteiger partial charge >= 0.3 is 0 Å². The molecule has 0 aliphatic carbocycles. The molecule has 2 rings (SSSR count). The normalized spacial score (nSPS) is 12.0. The molecule has 0 radical (unpaired) electrons. The number of aliphatic hydroxyl groups is 1. The molecule has 0 saturated carbocycles. The number of nitrogens with one attached hydrogen (secondary N) is 1. The van der Waals surface area contributed by atoms with Gasteiger partial charge in [0.05, 0.1) is 6.10 Å². The Bertz CT molecular complexity index is 613. The highest BCUT2D eigenvalue weighted by Gasteiger charge is 2.14. The highest BCUT2D eigenvalue weighted by molar-refractivity contribution is 6.31. The predicted molar refractivity (Wildman–Crippen MR) is 86.1 cm³/mol. The Morgan fingerprint density at radius 2 is 1.95 bits per heavy atom. The maximum absolute atomic E-state index is 12.6. The molecule has 2 N–H and O–H groups in total. The molecule has 2 aromatic carbocycles. The van der Waals surface area contributed by atoms with E-state index in [4.69, 9.17) is 11.6 Å². The van der Waals surface area contributed by atoms with Gasteiger partial charge in [-0.15, -0.1) is 0 Å². The molecular formula is C17H18ClNO2. The van der Waals surface area contributed by atoms with Crippen molar-refractivity contribution in [1.29, 1.82) is 0 Å². The standard InChI is InChI=1S/C17H18ClNO2/c1-2-14(20)11-19-16-9-8-13(18)10-15(16)17(21)12-6-4-3-5-7-12/h3-10,14,19-20H,2,11H2,1H3. The van der Waals surface area contributed by atoms with Crippen LogP contribution in [0.2, 0.25) is 5.02 Å². The molecule has 0 bridgehead atoms. The second kappa shape index (κ2) is 7.25. The van der Waals surface area contributed by atoms with E-state index in [1.807, 2.05) is 25.1 Å². The number of halogens is 1. The first-order valence-corrected chi connectivity index (χ1v) is 7.31. The SMILES string of the molecule is CCC(O)CNc1ccc(Cl)cc1C(=O)c1ccccc1. The molecule has 0 amide bonds. The second-order valence-electron chi connectivity index (χ2n) is 4.83. The molecule has 2 aromatic rings. The van der Waals surface area contributed by atoms with Crippen LogP contribution in [0, 0.1) is 0 Å². The van der Waals surface area contributed by atoms with E-state index in [1.54, 1.807) is 30.3 Å². The van der Waals surface area contributed by atoms with Crippen LogP contribution >= 0.6 is 11.6 Å². The monoisotopic (exact) mass is 303 g/mol. The van der Waals surface area contributed by atoms with Gasteiger partial charge in [0.25, 0.3) is 0 Å². The van der Waals surface area contributed by atoms with E-state index in [9.17, 15) is 9.90 Å². The highest BCUT2D eigenvalue weighted by atomic mass is 35.5. The average Bonchev–Trinajstić information content (AvgIpc) is 2.53. The minimum atomic E-state index is -0.444. The number of aliphatic hydroxyl groups excluding tert-OH is 1. The molecule has 0 aromatic heterocycles. The van der Waals surface area contributed by atoms with Gasteiger partial charge < -0.3 is 10.4 Å². The van der Waals surface area contributed by atoms with Crippen molar-refractivity contribution < 1.29 is 9.90 Å². The van der Waals surface area contributed by atoms with Crippen molar-refractivity contribution in [3.8, 4) is 0 Å². The number of carbonyl (C=O) groups is 1. The summed E-state index contributed by atoms with van der Waals surface area (Å²) in [6.07, 6.45) is 0.211. The van der Waals surface area contributed by atoms with E-state index >= 15 is 0 Å². The minimum Gasteiger partial charge on any atom is -0.391 e. The number of rotatable bonds is 6. The predicted octanol–water partition coefficient (Wildman–Crippen LogP) is 3.75. The lowest BCUT2D eigenvalue weighted by molar-refractivity contribution is 0.103. The number of carbonyl (C=O) groups excluding carboxylic acids is 1. The lowest BCUT2D eigenvalue weighted by atomic mass is 10.0. The molecule has 0 saturated heterocycles. The molecule has 0 aliphatic heterocycles. The summed E-state index contributed by atoms with van der Waals surface area (Å²) in [7, 11) is 0. The Labute approximate surface area is 129 Å². The summed E-state index contributed by atoms with van der Waals surface area (Å²) in [4.78, 5) is 12.6. The number of anilines is 1. The third-order valence-corrected chi connectivity index (χ3v) is 3.50. The minimum absolute atomic E-state index is 0.0911. The molecule has 3 nitrogen and oxygen atoms in total. The average molecular weight is 304 g/mol. The summed E-state index contributed by atoms with van der Waals surface area (Å²) in [5, 5.41) is 13.3. The van der Waals surface area contributed by atoms with Gasteiger partial charge in [-0.05, 0) is 24.6 Å². The van der Waals surface area contributed by atoms with Crippen molar-refractivity contribution in [2.45, 2.75) is 19.4 Å². The van der Waals surface area contributed by atoms with Crippen molar-refractivity contribution in [1.82, 2.24) is 0 Å². The van der Waals surface area contributed by atoms with Crippen molar-refractivity contribution in [3.05, 3.63) is 64.7 Å². The Balaban J connectivity index is 2.29. The van der Waals surface area contributed by atoms with Gasteiger partial charge in [-0.3, -0.25) is 4.79 Å². The van der Waals surface area contributed by atoms with Crippen LogP contribution in [0.1, 0.15) is 29.3 Å². The largest absolute Gasteiger partial charge is 0.391 e. The van der Waals surface area contributed by atoms with Gasteiger partial charge in [-0.2, -0.15) is 0 Å². The van der Waals surface area contributed by atoms with Crippen molar-refractivity contribution >= 4 is 23.1 Å². The summed E-state index contributed by atoms with van der Waals surface area (Å²) >= 11 is 6.01. The fourth-order valence-corrected chi connectivity index (χ4v) is 2.15. The van der Waals surface area contributed by atoms with E-state index in [0.717, 1.165) is 0 Å². The molecular weight excluding hydrogens is 286 g/mol. The summed E-state index contributed by atoms with van der Waals surface area (Å²) in [6, 6.07) is 14.2. The molecule has 21 heavy (non-hydrogen) atoms. The van der Waals surface area contributed by atoms with E-state index in [0.29, 0.717) is 34.8 Å². The molecule has 1 unspecified atom stereocenters. The molecule has 0 spiro atoms. The topological polar surface area (TPSA) is 49.3 Å². The highest BCUT2D eigenvalue weighted by Crippen LogP contribution is 2.23. The van der Waals surface area contributed by atoms with Crippen molar-refractivity contribution in [2.75, 3.05) is 11.9 Å². The zero-order valence-corrected chi connectivity index (χ0v) is 12.6. The first kappa shape index (κ1) is 15.5. The van der Waals surface area contributed by atoms with Crippen LogP contribution in [0.4, 0.5) is 5.69 Å². The Hall–Kier alpha value is -1.84. The van der Waals surface area contributed by atoms with Crippen LogP contribution in [-0.4, -0.2) is 23.5 Å². The quantitative estimate of drug-likeness (QED) is 0.799. The van der Waals surface area contributed by atoms with Crippen LogP contribution in [0.25, 0.3) is 0 Å². The van der Waals surface area contributed by atoms with E-state index in [1.165, 1.54) is 0 Å². The number of ketones is 1. The van der Waals surface area contributed by atoms with Gasteiger partial charge in [0.2, 0.25) is 0 Å². The summed E-state index contributed by atoms with van der Waals surface area (Å²) < 4.78 is 0. The Morgan fingerprint density at radius 1 is 1.24 bits per heavy atom. The van der Waals surface area contributed by atoms with Gasteiger partial charge in [-0.25, -0.2) is 0 Å². The molecule has 1 atom stereocenters. The zero-order valence-electron chi connectivity index (χ0n) is 11.8. The fourth-order valence-electron chi connectivity index (χ4n) is 1.98. The molecule has 110 valence electrons. The van der Waals surface area contributed by atoms with E-state index < -0.39 is 6.10 Å². The maximum Gasteiger partial charge on any atom is 0.195 e. The maximum atomic E-state index is 12.6. The van der Waals surface area contributed by atoms with Crippen molar-refractivity contribution in [3.63, 3.8) is 0 Å². The van der Waals surface area contributed by atoms with Gasteiger partial charge in [0.15, 0.2) is 5.78 Å². The lowest BCUT2D eigenvalue weighted by Crippen LogP contribution is -2.19. The van der Waals surface area contributed by atoms with Gasteiger partial charge in [-0.1, -0.05) is 48.9 Å². The van der Waals surface area contributed by atoms with Gasteiger partial charge in [0.1, 0.15) is 0 Å². The third-order valence-electron chi connectivity index (χ3n) is 3.26. The summed E-state index contributed by atoms with van der Waals surface area (Å²) in [5.41, 5.74) is 1.80. The number of hydrogen-bond donors (Lipinski definition) is 2. The third kappa shape index (κ3) is 4.06. The second-order valence-corrected chi connectivity index (χ2v) is 5.26. The van der Waals surface area contributed by atoms with Crippen LogP contribution in [0.15, 0.2) is 48.5 Å². The first-order valence-electron chi connectivity index (χ1n) is 6.93. The summed E-state index contributed by atoms with van der Waals surface area (Å²) in [5.74, 6) is -0.0911. The zero-order chi connectivity index (χ0) is 15.2. The molecule has 0 aliphatic rings. The van der Waals surface area contributed by atoms with Crippen LogP contribution < -0.4 is 5.32 Å². The Morgan fingerprint density at radius 3 is 2.62 bits per heavy atom. The lowest BCUT2D eigenvalue weighted by Gasteiger charge is -2.14. The number of benzene rings is 2. The van der Waals surface area contributed by atoms with E-state index in [-0.39, 0.29) is 5.78 Å². The first-order chi connectivity index (χ1) is 10.1.